The Morgan fingerprint density at radius 2 is 2.05 bits per heavy atom. The van der Waals surface area contributed by atoms with Gasteiger partial charge in [-0.05, 0) is 38.2 Å². The van der Waals surface area contributed by atoms with E-state index in [-0.39, 0.29) is 17.5 Å². The number of hydrogen-bond acceptors (Lipinski definition) is 3. The van der Waals surface area contributed by atoms with Crippen LogP contribution in [0.15, 0.2) is 30.3 Å². The van der Waals surface area contributed by atoms with Crippen LogP contribution in [-0.2, 0) is 20.7 Å². The molecule has 0 amide bonds. The maximum Gasteiger partial charge on any atom is 0.311 e. The van der Waals surface area contributed by atoms with Gasteiger partial charge in [0.2, 0.25) is 0 Å². The molecule has 20 heavy (non-hydrogen) atoms. The Bertz CT molecular complexity index is 492. The number of carbonyl (C=O) groups is 1. The minimum Gasteiger partial charge on any atom is -0.469 e. The van der Waals surface area contributed by atoms with Crippen molar-refractivity contribution in [2.24, 2.45) is 11.3 Å². The molecule has 3 rings (SSSR count). The summed E-state index contributed by atoms with van der Waals surface area (Å²) in [6, 6.07) is 10.4. The molecule has 1 aliphatic carbocycles. The molecule has 2 aliphatic rings. The summed E-state index contributed by atoms with van der Waals surface area (Å²) in [5, 5.41) is 0. The van der Waals surface area contributed by atoms with Crippen LogP contribution in [0.4, 0.5) is 0 Å². The first-order chi connectivity index (χ1) is 9.61. The smallest absolute Gasteiger partial charge is 0.311 e. The predicted octanol–water partition coefficient (Wildman–Crippen LogP) is 2.98. The third-order valence-electron chi connectivity index (χ3n) is 5.15. The van der Waals surface area contributed by atoms with E-state index in [1.807, 2.05) is 18.2 Å². The van der Waals surface area contributed by atoms with Crippen LogP contribution in [0.1, 0.15) is 31.7 Å². The summed E-state index contributed by atoms with van der Waals surface area (Å²) in [6.45, 7) is 2.84. The first-order valence-electron chi connectivity index (χ1n) is 7.37. The van der Waals surface area contributed by atoms with Gasteiger partial charge in [-0.15, -0.1) is 0 Å². The molecule has 0 N–H and O–H groups in total. The normalized spacial score (nSPS) is 35.8. The van der Waals surface area contributed by atoms with Crippen molar-refractivity contribution >= 4 is 5.97 Å². The molecule has 1 aliphatic heterocycles. The second kappa shape index (κ2) is 4.88. The van der Waals surface area contributed by atoms with Crippen molar-refractivity contribution in [3.8, 4) is 0 Å². The van der Waals surface area contributed by atoms with Crippen molar-refractivity contribution in [1.29, 1.82) is 0 Å². The number of esters is 1. The number of epoxide rings is 1. The van der Waals surface area contributed by atoms with Gasteiger partial charge in [0.05, 0.1) is 24.7 Å². The minimum atomic E-state index is -0.431. The van der Waals surface area contributed by atoms with Crippen molar-refractivity contribution in [2.75, 3.05) is 13.7 Å². The van der Waals surface area contributed by atoms with E-state index in [9.17, 15) is 4.79 Å². The first kappa shape index (κ1) is 13.6. The number of benzene rings is 1. The quantitative estimate of drug-likeness (QED) is 0.628. The van der Waals surface area contributed by atoms with Crippen molar-refractivity contribution in [2.45, 2.75) is 38.2 Å². The number of hydrogen-bond donors (Lipinski definition) is 0. The molecule has 0 aromatic heterocycles. The second-order valence-electron chi connectivity index (χ2n) is 6.36. The average Bonchev–Trinajstić information content (AvgIpc) is 3.24. The summed E-state index contributed by atoms with van der Waals surface area (Å²) in [4.78, 5) is 12.3. The van der Waals surface area contributed by atoms with Crippen molar-refractivity contribution in [1.82, 2.24) is 0 Å². The largest absolute Gasteiger partial charge is 0.469 e. The van der Waals surface area contributed by atoms with E-state index >= 15 is 0 Å². The predicted molar refractivity (Wildman–Crippen MR) is 76.3 cm³/mol. The fraction of sp³-hybridized carbons (Fsp3) is 0.588. The van der Waals surface area contributed by atoms with E-state index in [0.29, 0.717) is 0 Å². The Hall–Kier alpha value is -1.35. The average molecular weight is 274 g/mol. The molecular weight excluding hydrogens is 252 g/mol. The van der Waals surface area contributed by atoms with E-state index in [2.05, 4.69) is 19.1 Å². The summed E-state index contributed by atoms with van der Waals surface area (Å²) < 4.78 is 10.9. The fourth-order valence-corrected chi connectivity index (χ4v) is 3.86. The minimum absolute atomic E-state index is 0.0863. The number of carbonyl (C=O) groups excluding carboxylic acids is 1. The first-order valence-corrected chi connectivity index (χ1v) is 7.37. The van der Waals surface area contributed by atoms with E-state index in [1.54, 1.807) is 0 Å². The van der Waals surface area contributed by atoms with Gasteiger partial charge >= 0.3 is 5.97 Å². The Morgan fingerprint density at radius 1 is 1.35 bits per heavy atom. The molecule has 3 atom stereocenters. The molecule has 1 aromatic rings. The van der Waals surface area contributed by atoms with Gasteiger partial charge in [0.25, 0.3) is 0 Å². The van der Waals surface area contributed by atoms with Crippen LogP contribution in [0.5, 0.6) is 0 Å². The van der Waals surface area contributed by atoms with Gasteiger partial charge in [0.15, 0.2) is 0 Å². The number of rotatable bonds is 3. The van der Waals surface area contributed by atoms with Crippen LogP contribution < -0.4 is 0 Å². The summed E-state index contributed by atoms with van der Waals surface area (Å²) in [5.41, 5.74) is 0.750. The van der Waals surface area contributed by atoms with Crippen LogP contribution in [0.3, 0.4) is 0 Å². The molecule has 3 heteroatoms. The molecule has 1 spiro atoms. The summed E-state index contributed by atoms with van der Waals surface area (Å²) >= 11 is 0. The topological polar surface area (TPSA) is 38.8 Å². The second-order valence-corrected chi connectivity index (χ2v) is 6.36. The Labute approximate surface area is 120 Å². The zero-order valence-electron chi connectivity index (χ0n) is 12.2. The highest BCUT2D eigenvalue weighted by atomic mass is 16.6. The molecule has 1 heterocycles. The molecule has 108 valence electrons. The standard InChI is InChI=1S/C17H22O3/c1-16(15(18)19-2)9-6-10-17(12-20-17)14(16)11-13-7-4-3-5-8-13/h3-5,7-8,14H,6,9-12H2,1-2H3. The van der Waals surface area contributed by atoms with Gasteiger partial charge in [-0.2, -0.15) is 0 Å². The zero-order valence-corrected chi connectivity index (χ0v) is 12.2. The Morgan fingerprint density at radius 3 is 2.65 bits per heavy atom. The zero-order chi connectivity index (χ0) is 14.2. The van der Waals surface area contributed by atoms with Gasteiger partial charge in [0, 0.05) is 5.92 Å². The van der Waals surface area contributed by atoms with E-state index < -0.39 is 5.41 Å². The molecular formula is C17H22O3. The third kappa shape index (κ3) is 2.14. The van der Waals surface area contributed by atoms with Gasteiger partial charge in [-0.3, -0.25) is 4.79 Å². The summed E-state index contributed by atoms with van der Waals surface area (Å²) in [6.07, 6.45) is 3.88. The third-order valence-corrected chi connectivity index (χ3v) is 5.15. The molecule has 3 unspecified atom stereocenters. The van der Waals surface area contributed by atoms with Crippen molar-refractivity contribution in [3.63, 3.8) is 0 Å². The summed E-state index contributed by atoms with van der Waals surface area (Å²) in [7, 11) is 1.49. The van der Waals surface area contributed by atoms with E-state index in [4.69, 9.17) is 9.47 Å². The highest BCUT2D eigenvalue weighted by Crippen LogP contribution is 2.55. The van der Waals surface area contributed by atoms with Crippen LogP contribution in [-0.4, -0.2) is 25.3 Å². The van der Waals surface area contributed by atoms with Crippen LogP contribution in [0.25, 0.3) is 0 Å². The molecule has 2 fully saturated rings. The Balaban J connectivity index is 1.91. The number of methoxy groups -OCH3 is 1. The highest BCUT2D eigenvalue weighted by molar-refractivity contribution is 5.77. The lowest BCUT2D eigenvalue weighted by Crippen LogP contribution is -2.49. The molecule has 3 nitrogen and oxygen atoms in total. The summed E-state index contributed by atoms with van der Waals surface area (Å²) in [5.74, 6) is 0.117. The SMILES string of the molecule is COC(=O)C1(C)CCCC2(CO2)C1Cc1ccccc1. The maximum atomic E-state index is 12.3. The highest BCUT2D eigenvalue weighted by Gasteiger charge is 2.62. The van der Waals surface area contributed by atoms with Crippen LogP contribution in [0.2, 0.25) is 0 Å². The Kier molecular flexibility index (Phi) is 3.33. The van der Waals surface area contributed by atoms with Gasteiger partial charge in [0.1, 0.15) is 0 Å². The fourth-order valence-electron chi connectivity index (χ4n) is 3.86. The van der Waals surface area contributed by atoms with E-state index in [0.717, 1.165) is 32.3 Å². The molecule has 1 saturated heterocycles. The monoisotopic (exact) mass is 274 g/mol. The van der Waals surface area contributed by atoms with Gasteiger partial charge in [-0.25, -0.2) is 0 Å². The van der Waals surface area contributed by atoms with Gasteiger partial charge < -0.3 is 9.47 Å². The van der Waals surface area contributed by atoms with Crippen molar-refractivity contribution in [3.05, 3.63) is 35.9 Å². The number of ether oxygens (including phenoxy) is 2. The lowest BCUT2D eigenvalue weighted by molar-refractivity contribution is -0.160. The lowest BCUT2D eigenvalue weighted by Gasteiger charge is -2.43. The lowest BCUT2D eigenvalue weighted by atomic mass is 9.60. The van der Waals surface area contributed by atoms with Crippen LogP contribution >= 0.6 is 0 Å². The molecule has 1 saturated carbocycles. The van der Waals surface area contributed by atoms with E-state index in [1.165, 1.54) is 12.7 Å². The van der Waals surface area contributed by atoms with Gasteiger partial charge in [-0.1, -0.05) is 30.3 Å². The molecule has 0 bridgehead atoms. The maximum absolute atomic E-state index is 12.3. The molecule has 0 radical (unpaired) electrons. The van der Waals surface area contributed by atoms with Crippen molar-refractivity contribution < 1.29 is 14.3 Å². The van der Waals surface area contributed by atoms with Crippen LogP contribution in [0, 0.1) is 11.3 Å². The molecule has 1 aromatic carbocycles.